The van der Waals surface area contributed by atoms with Gasteiger partial charge >= 0.3 is 0 Å². The number of ketones is 2. The third kappa shape index (κ3) is 4.52. The number of hydrogen-bond acceptors (Lipinski definition) is 8. The number of anilines is 3. The fourth-order valence-electron chi connectivity index (χ4n) is 7.43. The van der Waals surface area contributed by atoms with Gasteiger partial charge in [-0.05, 0) is 59.5 Å². The number of hydrogen-bond donors (Lipinski definition) is 6. The quantitative estimate of drug-likeness (QED) is 0.101. The molecule has 3 aliphatic carbocycles. The molecule has 0 spiro atoms. The van der Waals surface area contributed by atoms with E-state index in [1.807, 2.05) is 61.5 Å². The molecule has 1 saturated carbocycles. The van der Waals surface area contributed by atoms with Crippen LogP contribution in [0.1, 0.15) is 31.4 Å². The van der Waals surface area contributed by atoms with Crippen LogP contribution in [0.25, 0.3) is 16.5 Å². The number of carbonyl (C=O) groups excluding carboxylic acids is 3. The second-order valence-corrected chi connectivity index (χ2v) is 12.9. The Morgan fingerprint density at radius 3 is 2.38 bits per heavy atom. The maximum Gasteiger partial charge on any atom is 0.255 e. The Morgan fingerprint density at radius 2 is 1.69 bits per heavy atom. The molecule has 4 atom stereocenters. The molecule has 232 valence electrons. The Bertz CT molecular complexity index is 1910. The molecule has 0 heterocycles. The topological polar surface area (TPSA) is 165 Å². The van der Waals surface area contributed by atoms with Gasteiger partial charge in [-0.3, -0.25) is 14.4 Å². The van der Waals surface area contributed by atoms with Crippen LogP contribution in [0, 0.1) is 23.2 Å². The number of carbonyl (C=O) groups is 3. The standard InChI is InChI=1S/C34H34N4O6S/c1-15-27(39)25(32(35)44)31(43)26-30(42)23-17(14-34(15,26)2)12-19-22(38(3)4)13-21(28(40)24(19)29(23)41)37-33(45)36-20-11-7-9-16-8-5-6-10-18(16)20/h5-11,13,15,17,26,39-41H,12,14H2,1-4H3,(H2,35,44)(H2,36,37,45)/t15-,17?,26?,34+/m1/s1. The highest BCUT2D eigenvalue weighted by Gasteiger charge is 2.60. The number of nitrogens with zero attached hydrogens (tertiary/aromatic N) is 1. The van der Waals surface area contributed by atoms with Crippen LogP contribution >= 0.6 is 12.2 Å². The Kier molecular flexibility index (Phi) is 7.11. The van der Waals surface area contributed by atoms with E-state index in [9.17, 15) is 29.7 Å². The third-order valence-electron chi connectivity index (χ3n) is 9.79. The number of rotatable bonds is 4. The van der Waals surface area contributed by atoms with Crippen molar-refractivity contribution in [2.75, 3.05) is 29.6 Å². The molecule has 7 N–H and O–H groups in total. The lowest BCUT2D eigenvalue weighted by atomic mass is 9.51. The van der Waals surface area contributed by atoms with Crippen molar-refractivity contribution in [1.29, 1.82) is 0 Å². The SMILES string of the molecule is C[C@@H]1C(O)=C(C(N)=O)C(=O)C2C(=O)C3=C(O)c4c(O)c(NC(=S)Nc5cccc6ccccc56)cc(N(C)C)c4CC3C[C@]21C. The van der Waals surface area contributed by atoms with Crippen LogP contribution in [0.3, 0.4) is 0 Å². The summed E-state index contributed by atoms with van der Waals surface area (Å²) in [5.74, 6) is -6.28. The van der Waals surface area contributed by atoms with E-state index in [1.54, 1.807) is 19.9 Å². The van der Waals surface area contributed by atoms with Crippen molar-refractivity contribution in [3.05, 3.63) is 76.6 Å². The number of phenolic OH excluding ortho intramolecular Hbond substituents is 1. The van der Waals surface area contributed by atoms with Gasteiger partial charge in [-0.1, -0.05) is 50.2 Å². The van der Waals surface area contributed by atoms with Crippen molar-refractivity contribution in [3.63, 3.8) is 0 Å². The molecule has 1 amide bonds. The minimum Gasteiger partial charge on any atom is -0.511 e. The molecular weight excluding hydrogens is 592 g/mol. The third-order valence-corrected chi connectivity index (χ3v) is 9.99. The largest absolute Gasteiger partial charge is 0.511 e. The predicted molar refractivity (Wildman–Crippen MR) is 177 cm³/mol. The fourth-order valence-corrected chi connectivity index (χ4v) is 7.65. The van der Waals surface area contributed by atoms with E-state index < -0.39 is 57.7 Å². The second-order valence-electron chi connectivity index (χ2n) is 12.5. The zero-order valence-corrected chi connectivity index (χ0v) is 26.1. The van der Waals surface area contributed by atoms with Crippen LogP contribution in [-0.2, 0) is 20.8 Å². The average Bonchev–Trinajstić information content (AvgIpc) is 2.97. The number of nitrogens with two attached hydrogens (primary N) is 1. The fraction of sp³-hybridized carbons (Fsp3) is 0.294. The van der Waals surface area contributed by atoms with Crippen molar-refractivity contribution in [2.24, 2.45) is 28.9 Å². The number of phenols is 1. The van der Waals surface area contributed by atoms with Crippen LogP contribution in [0.5, 0.6) is 5.75 Å². The summed E-state index contributed by atoms with van der Waals surface area (Å²) >= 11 is 5.61. The van der Waals surface area contributed by atoms with Crippen molar-refractivity contribution >= 4 is 68.4 Å². The summed E-state index contributed by atoms with van der Waals surface area (Å²) in [6, 6.07) is 15.3. The normalized spacial score (nSPS) is 24.1. The summed E-state index contributed by atoms with van der Waals surface area (Å²) in [6.07, 6.45) is 0.564. The minimum absolute atomic E-state index is 0.0179. The number of aliphatic hydroxyl groups is 2. The van der Waals surface area contributed by atoms with Gasteiger partial charge in [0.1, 0.15) is 22.8 Å². The molecule has 3 aromatic rings. The second kappa shape index (κ2) is 10.6. The Labute approximate surface area is 265 Å². The van der Waals surface area contributed by atoms with Gasteiger partial charge in [-0.15, -0.1) is 0 Å². The molecule has 0 saturated heterocycles. The lowest BCUT2D eigenvalue weighted by Crippen LogP contribution is -2.55. The van der Waals surface area contributed by atoms with E-state index in [1.165, 1.54) is 0 Å². The van der Waals surface area contributed by atoms with Crippen molar-refractivity contribution in [1.82, 2.24) is 0 Å². The maximum absolute atomic E-state index is 14.1. The molecule has 2 unspecified atom stereocenters. The highest BCUT2D eigenvalue weighted by Crippen LogP contribution is 2.58. The first-order valence-electron chi connectivity index (χ1n) is 14.6. The molecule has 0 aromatic heterocycles. The molecular formula is C34H34N4O6S. The number of allylic oxidation sites excluding steroid dienone is 2. The van der Waals surface area contributed by atoms with Crippen LogP contribution in [0.4, 0.5) is 17.1 Å². The summed E-state index contributed by atoms with van der Waals surface area (Å²) in [5.41, 5.74) is 6.21. The smallest absolute Gasteiger partial charge is 0.255 e. The number of aromatic hydroxyl groups is 1. The molecule has 3 aromatic carbocycles. The number of thiocarbonyl (C=S) groups is 1. The number of nitrogens with one attached hydrogen (secondary N) is 2. The lowest BCUT2D eigenvalue weighted by Gasteiger charge is -2.50. The van der Waals surface area contributed by atoms with Crippen LogP contribution in [-0.4, -0.2) is 52.0 Å². The van der Waals surface area contributed by atoms with Crippen LogP contribution in [0.2, 0.25) is 0 Å². The highest BCUT2D eigenvalue weighted by atomic mass is 32.1. The number of amides is 1. The van der Waals surface area contributed by atoms with Crippen molar-refractivity contribution in [3.8, 4) is 5.75 Å². The average molecular weight is 627 g/mol. The monoisotopic (exact) mass is 626 g/mol. The number of primary amides is 1. The first-order valence-corrected chi connectivity index (χ1v) is 15.0. The molecule has 3 aliphatic rings. The molecule has 0 radical (unpaired) electrons. The molecule has 45 heavy (non-hydrogen) atoms. The van der Waals surface area contributed by atoms with Gasteiger partial charge in [0, 0.05) is 42.3 Å². The number of Topliss-reactive ketones (excluding diaryl/α,β-unsaturated/α-hetero) is 2. The molecule has 10 nitrogen and oxygen atoms in total. The summed E-state index contributed by atoms with van der Waals surface area (Å²) < 4.78 is 0. The lowest BCUT2D eigenvalue weighted by molar-refractivity contribution is -0.142. The van der Waals surface area contributed by atoms with E-state index >= 15 is 0 Å². The predicted octanol–water partition coefficient (Wildman–Crippen LogP) is 4.97. The van der Waals surface area contributed by atoms with E-state index in [4.69, 9.17) is 18.0 Å². The molecule has 0 aliphatic heterocycles. The van der Waals surface area contributed by atoms with Gasteiger partial charge in [-0.25, -0.2) is 0 Å². The van der Waals surface area contributed by atoms with E-state index in [2.05, 4.69) is 10.6 Å². The Balaban J connectivity index is 1.42. The zero-order chi connectivity index (χ0) is 32.5. The summed E-state index contributed by atoms with van der Waals surface area (Å²) in [7, 11) is 3.66. The van der Waals surface area contributed by atoms with Crippen molar-refractivity contribution in [2.45, 2.75) is 26.7 Å². The van der Waals surface area contributed by atoms with Gasteiger partial charge in [0.15, 0.2) is 16.7 Å². The summed E-state index contributed by atoms with van der Waals surface area (Å²) in [5, 5.41) is 42.5. The highest BCUT2D eigenvalue weighted by molar-refractivity contribution is 7.80. The number of benzene rings is 3. The molecule has 6 rings (SSSR count). The first kappa shape index (κ1) is 30.1. The molecule has 1 fully saturated rings. The first-order chi connectivity index (χ1) is 21.3. The van der Waals surface area contributed by atoms with Gasteiger partial charge in [0.2, 0.25) is 0 Å². The van der Waals surface area contributed by atoms with Gasteiger partial charge < -0.3 is 36.6 Å². The summed E-state index contributed by atoms with van der Waals surface area (Å²) in [6.45, 7) is 3.41. The number of aliphatic hydroxyl groups excluding tert-OH is 2. The molecule has 0 bridgehead atoms. The maximum atomic E-state index is 14.1. The molecule has 11 heteroatoms. The van der Waals surface area contributed by atoms with E-state index in [0.717, 1.165) is 16.5 Å². The number of fused-ring (bicyclic) bond motifs is 4. The zero-order valence-electron chi connectivity index (χ0n) is 25.3. The van der Waals surface area contributed by atoms with Crippen LogP contribution < -0.4 is 21.3 Å². The van der Waals surface area contributed by atoms with Crippen LogP contribution in [0.15, 0.2) is 65.4 Å². The van der Waals surface area contributed by atoms with Gasteiger partial charge in [0.25, 0.3) is 5.91 Å². The Morgan fingerprint density at radius 1 is 1.02 bits per heavy atom. The van der Waals surface area contributed by atoms with E-state index in [0.29, 0.717) is 11.3 Å². The van der Waals surface area contributed by atoms with E-state index in [-0.39, 0.29) is 40.5 Å². The van der Waals surface area contributed by atoms with Crippen molar-refractivity contribution < 1.29 is 29.7 Å². The van der Waals surface area contributed by atoms with Gasteiger partial charge in [0.05, 0.1) is 17.2 Å². The minimum atomic E-state index is -1.32. The Hall–Kier alpha value is -4.90. The summed E-state index contributed by atoms with van der Waals surface area (Å²) in [4.78, 5) is 41.6. The van der Waals surface area contributed by atoms with Gasteiger partial charge in [-0.2, -0.15) is 0 Å².